The standard InChI is InChI=1S/C29H26FN7/c30-25-9-11-37(19-25)28-22(14-31)12-23(15-33-28)27-8-10-32-29(35-27)34-26-7-6-21-17-36(18-24(21)13-26)16-20-4-2-1-3-5-20/h1-8,10,12-13,15,25H,9,11,16-19H2,(H,32,34,35)/t25-/m0/s1. The Labute approximate surface area is 215 Å². The van der Waals surface area contributed by atoms with Crippen molar-refractivity contribution < 1.29 is 4.39 Å². The van der Waals surface area contributed by atoms with Crippen molar-refractivity contribution in [2.24, 2.45) is 0 Å². The number of pyridine rings is 1. The summed E-state index contributed by atoms with van der Waals surface area (Å²) in [5.41, 5.74) is 6.67. The molecule has 4 aromatic rings. The Balaban J connectivity index is 1.17. The van der Waals surface area contributed by atoms with Crippen molar-refractivity contribution in [2.75, 3.05) is 23.3 Å². The van der Waals surface area contributed by atoms with E-state index >= 15 is 0 Å². The predicted octanol–water partition coefficient (Wildman–Crippen LogP) is 5.22. The second-order valence-electron chi connectivity index (χ2n) is 9.54. The van der Waals surface area contributed by atoms with Crippen LogP contribution in [0.3, 0.4) is 0 Å². The number of rotatable bonds is 6. The third-order valence-corrected chi connectivity index (χ3v) is 6.87. The van der Waals surface area contributed by atoms with Crippen molar-refractivity contribution in [3.05, 3.63) is 95.3 Å². The fourth-order valence-electron chi connectivity index (χ4n) is 5.05. The van der Waals surface area contributed by atoms with Gasteiger partial charge in [0, 0.05) is 49.8 Å². The van der Waals surface area contributed by atoms with Crippen LogP contribution in [0, 0.1) is 11.3 Å². The van der Waals surface area contributed by atoms with Gasteiger partial charge >= 0.3 is 0 Å². The number of anilines is 3. The number of benzene rings is 2. The van der Waals surface area contributed by atoms with E-state index in [9.17, 15) is 9.65 Å². The van der Waals surface area contributed by atoms with Gasteiger partial charge in [0.1, 0.15) is 18.1 Å². The predicted molar refractivity (Wildman–Crippen MR) is 141 cm³/mol. The number of alkyl halides is 1. The Morgan fingerprint density at radius 2 is 1.89 bits per heavy atom. The normalized spacial score (nSPS) is 17.0. The molecule has 0 aliphatic carbocycles. The number of nitrogens with one attached hydrogen (secondary N) is 1. The van der Waals surface area contributed by atoms with Gasteiger partial charge in [-0.25, -0.2) is 19.3 Å². The zero-order chi connectivity index (χ0) is 25.2. The first-order valence-corrected chi connectivity index (χ1v) is 12.4. The van der Waals surface area contributed by atoms with E-state index in [4.69, 9.17) is 0 Å². The lowest BCUT2D eigenvalue weighted by molar-refractivity contribution is 0.275. The number of nitriles is 1. The van der Waals surface area contributed by atoms with E-state index in [1.807, 2.05) is 11.0 Å². The minimum absolute atomic E-state index is 0.271. The Morgan fingerprint density at radius 3 is 2.70 bits per heavy atom. The summed E-state index contributed by atoms with van der Waals surface area (Å²) in [5.74, 6) is 0.997. The molecule has 0 unspecified atom stereocenters. The van der Waals surface area contributed by atoms with Gasteiger partial charge in [-0.15, -0.1) is 0 Å². The molecule has 2 aromatic heterocycles. The van der Waals surface area contributed by atoms with Crippen molar-refractivity contribution in [3.8, 4) is 17.3 Å². The summed E-state index contributed by atoms with van der Waals surface area (Å²) in [6.07, 6.45) is 2.95. The maximum Gasteiger partial charge on any atom is 0.227 e. The van der Waals surface area contributed by atoms with Crippen molar-refractivity contribution in [1.82, 2.24) is 19.9 Å². The van der Waals surface area contributed by atoms with Gasteiger partial charge in [0.25, 0.3) is 0 Å². The smallest absolute Gasteiger partial charge is 0.227 e. The van der Waals surface area contributed by atoms with Gasteiger partial charge in [0.05, 0.1) is 17.8 Å². The number of hydrogen-bond acceptors (Lipinski definition) is 7. The highest BCUT2D eigenvalue weighted by Gasteiger charge is 2.25. The lowest BCUT2D eigenvalue weighted by Crippen LogP contribution is -2.22. The maximum absolute atomic E-state index is 13.7. The third kappa shape index (κ3) is 4.99. The summed E-state index contributed by atoms with van der Waals surface area (Å²) in [5, 5.41) is 13.0. The summed E-state index contributed by atoms with van der Waals surface area (Å²) < 4.78 is 13.7. The summed E-state index contributed by atoms with van der Waals surface area (Å²) in [6.45, 7) is 3.59. The van der Waals surface area contributed by atoms with Gasteiger partial charge in [0.15, 0.2) is 0 Å². The zero-order valence-electron chi connectivity index (χ0n) is 20.3. The molecule has 4 heterocycles. The second-order valence-corrected chi connectivity index (χ2v) is 9.54. The van der Waals surface area contributed by atoms with Gasteiger partial charge in [-0.05, 0) is 47.4 Å². The van der Waals surface area contributed by atoms with Crippen LogP contribution in [0.15, 0.2) is 73.1 Å². The molecule has 2 aliphatic rings. The number of aromatic nitrogens is 3. The van der Waals surface area contributed by atoms with E-state index in [1.165, 1.54) is 16.7 Å². The minimum Gasteiger partial charge on any atom is -0.352 e. The van der Waals surface area contributed by atoms with Gasteiger partial charge in [-0.1, -0.05) is 36.4 Å². The van der Waals surface area contributed by atoms with Crippen molar-refractivity contribution in [1.29, 1.82) is 5.26 Å². The highest BCUT2D eigenvalue weighted by molar-refractivity contribution is 5.67. The number of hydrogen-bond donors (Lipinski definition) is 1. The maximum atomic E-state index is 13.7. The summed E-state index contributed by atoms with van der Waals surface area (Å²) in [7, 11) is 0. The van der Waals surface area contributed by atoms with Gasteiger partial charge in [-0.3, -0.25) is 4.90 Å². The molecule has 7 nitrogen and oxygen atoms in total. The average Bonchev–Trinajstić information content (AvgIpc) is 3.54. The van der Waals surface area contributed by atoms with Crippen LogP contribution in [0.25, 0.3) is 11.3 Å². The van der Waals surface area contributed by atoms with Crippen LogP contribution < -0.4 is 10.2 Å². The quantitative estimate of drug-likeness (QED) is 0.396. The first kappa shape index (κ1) is 23.1. The van der Waals surface area contributed by atoms with Crippen LogP contribution >= 0.6 is 0 Å². The van der Waals surface area contributed by atoms with E-state index in [2.05, 4.69) is 73.7 Å². The molecule has 1 atom stereocenters. The first-order valence-electron chi connectivity index (χ1n) is 12.4. The molecule has 6 rings (SSSR count). The molecule has 0 saturated carbocycles. The molecule has 0 amide bonds. The number of fused-ring (bicyclic) bond motifs is 1. The van der Waals surface area contributed by atoms with Crippen molar-refractivity contribution in [2.45, 2.75) is 32.2 Å². The Kier molecular flexibility index (Phi) is 6.21. The fourth-order valence-corrected chi connectivity index (χ4v) is 5.05. The highest BCUT2D eigenvalue weighted by Crippen LogP contribution is 2.30. The van der Waals surface area contributed by atoms with Gasteiger partial charge < -0.3 is 10.2 Å². The molecule has 2 aromatic carbocycles. The van der Waals surface area contributed by atoms with Crippen LogP contribution in [0.2, 0.25) is 0 Å². The number of halogens is 1. The van der Waals surface area contributed by atoms with E-state index in [0.29, 0.717) is 41.6 Å². The molecule has 2 aliphatic heterocycles. The third-order valence-electron chi connectivity index (χ3n) is 6.87. The van der Waals surface area contributed by atoms with E-state index in [1.54, 1.807) is 24.5 Å². The number of nitrogens with zero attached hydrogens (tertiary/aromatic N) is 6. The minimum atomic E-state index is -0.880. The SMILES string of the molecule is N#Cc1cc(-c2ccnc(Nc3ccc4c(c3)CN(Cc3ccccc3)C4)n2)cnc1N1CC[C@H](F)C1. The Hall–Kier alpha value is -4.35. The molecule has 0 radical (unpaired) electrons. The Morgan fingerprint density at radius 1 is 1.03 bits per heavy atom. The van der Waals surface area contributed by atoms with Crippen molar-refractivity contribution >= 4 is 17.5 Å². The van der Waals surface area contributed by atoms with Crippen LogP contribution in [0.1, 0.15) is 28.7 Å². The van der Waals surface area contributed by atoms with Crippen LogP contribution in [0.4, 0.5) is 21.8 Å². The van der Waals surface area contributed by atoms with Crippen LogP contribution in [0.5, 0.6) is 0 Å². The van der Waals surface area contributed by atoms with Crippen molar-refractivity contribution in [3.63, 3.8) is 0 Å². The summed E-state index contributed by atoms with van der Waals surface area (Å²) in [4.78, 5) is 17.8. The highest BCUT2D eigenvalue weighted by atomic mass is 19.1. The van der Waals surface area contributed by atoms with Gasteiger partial charge in [-0.2, -0.15) is 5.26 Å². The van der Waals surface area contributed by atoms with E-state index < -0.39 is 6.17 Å². The summed E-state index contributed by atoms with van der Waals surface area (Å²) in [6, 6.07) is 22.7. The average molecular weight is 492 g/mol. The fraction of sp³-hybridized carbons (Fsp3) is 0.241. The van der Waals surface area contributed by atoms with Crippen LogP contribution in [-0.4, -0.2) is 39.1 Å². The Bertz CT molecular complexity index is 1470. The second kappa shape index (κ2) is 9.96. The lowest BCUT2D eigenvalue weighted by Gasteiger charge is -2.18. The summed E-state index contributed by atoms with van der Waals surface area (Å²) >= 11 is 0. The van der Waals surface area contributed by atoms with E-state index in [0.717, 1.165) is 25.3 Å². The first-order chi connectivity index (χ1) is 18.1. The van der Waals surface area contributed by atoms with Crippen LogP contribution in [-0.2, 0) is 19.6 Å². The molecular weight excluding hydrogens is 465 g/mol. The topological polar surface area (TPSA) is 81.0 Å². The monoisotopic (exact) mass is 491 g/mol. The zero-order valence-corrected chi connectivity index (χ0v) is 20.3. The molecular formula is C29H26FN7. The molecule has 1 fully saturated rings. The molecule has 0 bridgehead atoms. The molecule has 8 heteroatoms. The lowest BCUT2D eigenvalue weighted by atomic mass is 10.1. The van der Waals surface area contributed by atoms with E-state index in [-0.39, 0.29) is 6.54 Å². The molecule has 37 heavy (non-hydrogen) atoms. The molecule has 0 spiro atoms. The van der Waals surface area contributed by atoms with Gasteiger partial charge in [0.2, 0.25) is 5.95 Å². The largest absolute Gasteiger partial charge is 0.352 e. The molecule has 1 saturated heterocycles. The molecule has 1 N–H and O–H groups in total. The molecule has 184 valence electrons.